The summed E-state index contributed by atoms with van der Waals surface area (Å²) >= 11 is 0. The monoisotopic (exact) mass is 536 g/mol. The van der Waals surface area contributed by atoms with Gasteiger partial charge in [0, 0.05) is 43.7 Å². The number of anilines is 2. The van der Waals surface area contributed by atoms with Crippen molar-refractivity contribution in [1.82, 2.24) is 24.8 Å². The molecule has 0 radical (unpaired) electrons. The van der Waals surface area contributed by atoms with Gasteiger partial charge in [0.15, 0.2) is 0 Å². The molecule has 39 heavy (non-hydrogen) atoms. The van der Waals surface area contributed by atoms with Crippen LogP contribution in [0.5, 0.6) is 5.75 Å². The van der Waals surface area contributed by atoms with Gasteiger partial charge in [0.1, 0.15) is 46.8 Å². The van der Waals surface area contributed by atoms with Crippen LogP contribution >= 0.6 is 0 Å². The highest BCUT2D eigenvalue weighted by atomic mass is 19.1. The van der Waals surface area contributed by atoms with Gasteiger partial charge in [0.25, 0.3) is 0 Å². The van der Waals surface area contributed by atoms with Crippen molar-refractivity contribution in [3.63, 3.8) is 0 Å². The molecule has 1 aromatic carbocycles. The molecule has 3 aromatic rings. The number of carbonyl (C=O) groups is 1. The molecule has 4 rings (SSSR count). The van der Waals surface area contributed by atoms with Crippen molar-refractivity contribution >= 4 is 28.6 Å². The fraction of sp³-hybridized carbons (Fsp3) is 0.444. The lowest BCUT2D eigenvalue weighted by Crippen LogP contribution is -2.49. The van der Waals surface area contributed by atoms with Crippen LogP contribution in [0.3, 0.4) is 0 Å². The number of carbonyl (C=O) groups excluding carboxylic acids is 1. The number of halogens is 1. The first-order chi connectivity index (χ1) is 18.5. The first-order valence-electron chi connectivity index (χ1n) is 12.6. The van der Waals surface area contributed by atoms with Gasteiger partial charge in [-0.3, -0.25) is 9.88 Å². The number of fused-ring (bicyclic) bond motifs is 1. The number of hydrogen-bond acceptors (Lipinski definition) is 10. The highest BCUT2D eigenvalue weighted by Crippen LogP contribution is 2.36. The number of nitrogens with zero attached hydrogens (tertiary/aromatic N) is 6. The summed E-state index contributed by atoms with van der Waals surface area (Å²) in [4.78, 5) is 29.4. The molecule has 0 aliphatic carbocycles. The Kier molecular flexibility index (Phi) is 8.01. The van der Waals surface area contributed by atoms with E-state index in [0.29, 0.717) is 55.1 Å². The minimum Gasteiger partial charge on any atom is -0.496 e. The molecule has 1 fully saturated rings. The largest absolute Gasteiger partial charge is 0.496 e. The fourth-order valence-electron chi connectivity index (χ4n) is 4.54. The predicted molar refractivity (Wildman–Crippen MR) is 145 cm³/mol. The second-order valence-electron chi connectivity index (χ2n) is 10.4. The van der Waals surface area contributed by atoms with Gasteiger partial charge in [-0.1, -0.05) is 0 Å². The third-order valence-electron chi connectivity index (χ3n) is 6.39. The van der Waals surface area contributed by atoms with Gasteiger partial charge in [-0.25, -0.2) is 19.2 Å². The van der Waals surface area contributed by atoms with Crippen molar-refractivity contribution in [3.8, 4) is 11.8 Å². The van der Waals surface area contributed by atoms with Crippen LogP contribution in [0.2, 0.25) is 0 Å². The third kappa shape index (κ3) is 6.26. The smallest absolute Gasteiger partial charge is 0.410 e. The van der Waals surface area contributed by atoms with Crippen LogP contribution in [0.1, 0.15) is 50.6 Å². The Labute approximate surface area is 226 Å². The van der Waals surface area contributed by atoms with E-state index in [2.05, 4.69) is 20.2 Å². The van der Waals surface area contributed by atoms with Crippen molar-refractivity contribution in [2.75, 3.05) is 44.3 Å². The normalized spacial score (nSPS) is 15.1. The molecule has 206 valence electrons. The Hall–Kier alpha value is -4.24. The van der Waals surface area contributed by atoms with Gasteiger partial charge in [-0.05, 0) is 45.9 Å². The van der Waals surface area contributed by atoms with Gasteiger partial charge >= 0.3 is 6.09 Å². The van der Waals surface area contributed by atoms with Gasteiger partial charge in [0.05, 0.1) is 24.4 Å². The standard InChI is InChI=1S/C27H33FN8O3/c1-16(33-25-19(13-29)24(30)31-15-32-25)22-20(23(38-5)18-12-17(28)6-7-21(18)34-22)14-35-8-10-36(11-9-35)26(37)39-27(2,3)4/h6-7,12,15-16H,8-11,14H2,1-5H3,(H3,30,31,32,33). The topological polar surface area (TPSA) is 143 Å². The summed E-state index contributed by atoms with van der Waals surface area (Å²) < 4.78 is 25.6. The summed E-state index contributed by atoms with van der Waals surface area (Å²) in [6, 6.07) is 5.98. The van der Waals surface area contributed by atoms with E-state index in [0.717, 1.165) is 5.56 Å². The number of nitrogen functional groups attached to an aromatic ring is 1. The van der Waals surface area contributed by atoms with Crippen molar-refractivity contribution < 1.29 is 18.7 Å². The molecule has 1 atom stereocenters. The highest BCUT2D eigenvalue weighted by Gasteiger charge is 2.28. The average molecular weight is 537 g/mol. The van der Waals surface area contributed by atoms with Crippen LogP contribution in [0.4, 0.5) is 20.8 Å². The van der Waals surface area contributed by atoms with Crippen molar-refractivity contribution in [2.45, 2.75) is 45.9 Å². The molecule has 11 nitrogen and oxygen atoms in total. The second-order valence-corrected chi connectivity index (χ2v) is 10.4. The van der Waals surface area contributed by atoms with E-state index < -0.39 is 17.5 Å². The fourth-order valence-corrected chi connectivity index (χ4v) is 4.54. The van der Waals surface area contributed by atoms with Crippen LogP contribution in [-0.4, -0.2) is 69.7 Å². The summed E-state index contributed by atoms with van der Waals surface area (Å²) in [6.07, 6.45) is 0.950. The number of hydrogen-bond donors (Lipinski definition) is 2. The number of amides is 1. The Morgan fingerprint density at radius 3 is 2.62 bits per heavy atom. The number of benzene rings is 1. The third-order valence-corrected chi connectivity index (χ3v) is 6.39. The number of nitrogens with two attached hydrogens (primary N) is 1. The van der Waals surface area contributed by atoms with Crippen LogP contribution in [-0.2, 0) is 11.3 Å². The summed E-state index contributed by atoms with van der Waals surface area (Å²) in [6.45, 7) is 10.1. The number of methoxy groups -OCH3 is 1. The minimum atomic E-state index is -0.564. The van der Waals surface area contributed by atoms with Crippen LogP contribution < -0.4 is 15.8 Å². The highest BCUT2D eigenvalue weighted by molar-refractivity contribution is 5.87. The van der Waals surface area contributed by atoms with E-state index in [-0.39, 0.29) is 23.3 Å². The Balaban J connectivity index is 1.66. The zero-order valence-electron chi connectivity index (χ0n) is 22.8. The maximum Gasteiger partial charge on any atom is 0.410 e. The lowest BCUT2D eigenvalue weighted by Gasteiger charge is -2.36. The summed E-state index contributed by atoms with van der Waals surface area (Å²) in [5, 5.41) is 13.4. The Morgan fingerprint density at radius 1 is 1.26 bits per heavy atom. The van der Waals surface area contributed by atoms with E-state index >= 15 is 0 Å². The number of pyridine rings is 1. The Bertz CT molecular complexity index is 1410. The summed E-state index contributed by atoms with van der Waals surface area (Å²) in [5.41, 5.74) is 7.43. The molecule has 12 heteroatoms. The first kappa shape index (κ1) is 27.8. The first-order valence-corrected chi connectivity index (χ1v) is 12.6. The zero-order chi connectivity index (χ0) is 28.3. The molecule has 0 spiro atoms. The van der Waals surface area contributed by atoms with E-state index in [1.807, 2.05) is 33.8 Å². The molecular weight excluding hydrogens is 503 g/mol. The number of nitrogens with one attached hydrogen (secondary N) is 1. The maximum atomic E-state index is 14.2. The molecule has 1 saturated heterocycles. The maximum absolute atomic E-state index is 14.2. The van der Waals surface area contributed by atoms with Crippen molar-refractivity contribution in [2.24, 2.45) is 0 Å². The number of nitriles is 1. The summed E-state index contributed by atoms with van der Waals surface area (Å²) in [7, 11) is 1.55. The van der Waals surface area contributed by atoms with Crippen LogP contribution in [0.25, 0.3) is 10.9 Å². The molecule has 2 aromatic heterocycles. The van der Waals surface area contributed by atoms with Gasteiger partial charge in [0.2, 0.25) is 0 Å². The Morgan fingerprint density at radius 2 is 1.97 bits per heavy atom. The van der Waals surface area contributed by atoms with E-state index in [4.69, 9.17) is 20.2 Å². The lowest BCUT2D eigenvalue weighted by atomic mass is 10.0. The molecule has 0 bridgehead atoms. The lowest BCUT2D eigenvalue weighted by molar-refractivity contribution is 0.0138. The average Bonchev–Trinajstić information content (AvgIpc) is 2.88. The minimum absolute atomic E-state index is 0.0739. The predicted octanol–water partition coefficient (Wildman–Crippen LogP) is 3.85. The number of piperazine rings is 1. The SMILES string of the molecule is COc1c(CN2CCN(C(=O)OC(C)(C)C)CC2)c(C(C)Nc2ncnc(N)c2C#N)nc2ccc(F)cc12. The summed E-state index contributed by atoms with van der Waals surface area (Å²) in [5.74, 6) is 0.480. The van der Waals surface area contributed by atoms with Crippen molar-refractivity contribution in [3.05, 3.63) is 47.2 Å². The quantitative estimate of drug-likeness (QED) is 0.477. The molecule has 1 aliphatic heterocycles. The second kappa shape index (κ2) is 11.2. The van der Waals surface area contributed by atoms with Gasteiger partial charge < -0.3 is 25.4 Å². The van der Waals surface area contributed by atoms with Gasteiger partial charge in [-0.2, -0.15) is 5.26 Å². The van der Waals surface area contributed by atoms with E-state index in [1.54, 1.807) is 18.1 Å². The van der Waals surface area contributed by atoms with Gasteiger partial charge in [-0.15, -0.1) is 0 Å². The molecule has 3 heterocycles. The molecule has 1 unspecified atom stereocenters. The van der Waals surface area contributed by atoms with Crippen LogP contribution in [0.15, 0.2) is 24.5 Å². The van der Waals surface area contributed by atoms with Crippen LogP contribution in [0, 0.1) is 17.1 Å². The molecule has 0 saturated carbocycles. The molecule has 1 aliphatic rings. The molecular formula is C27H33FN8O3. The van der Waals surface area contributed by atoms with E-state index in [9.17, 15) is 14.4 Å². The number of aromatic nitrogens is 3. The zero-order valence-corrected chi connectivity index (χ0v) is 22.8. The number of ether oxygens (including phenoxy) is 2. The van der Waals surface area contributed by atoms with E-state index in [1.165, 1.54) is 18.5 Å². The molecule has 3 N–H and O–H groups in total. The molecule has 1 amide bonds. The number of rotatable bonds is 6. The van der Waals surface area contributed by atoms with Crippen molar-refractivity contribution in [1.29, 1.82) is 5.26 Å².